The number of thiophene rings is 1. The summed E-state index contributed by atoms with van der Waals surface area (Å²) in [5.74, 6) is 0.741. The molecule has 0 aliphatic rings. The van der Waals surface area contributed by atoms with Crippen LogP contribution in [0.4, 0.5) is 0 Å². The van der Waals surface area contributed by atoms with E-state index in [9.17, 15) is 0 Å². The second-order valence-corrected chi connectivity index (χ2v) is 9.76. The predicted molar refractivity (Wildman–Crippen MR) is 151 cm³/mol. The van der Waals surface area contributed by atoms with E-state index in [4.69, 9.17) is 4.74 Å². The van der Waals surface area contributed by atoms with Crippen molar-refractivity contribution >= 4 is 33.1 Å². The Morgan fingerprint density at radius 2 is 1.70 bits per heavy atom. The number of hydrogen-bond donors (Lipinski definition) is 2. The number of benzene rings is 3. The summed E-state index contributed by atoms with van der Waals surface area (Å²) >= 11 is 1.71. The highest BCUT2D eigenvalue weighted by molar-refractivity contribution is 7.08. The summed E-state index contributed by atoms with van der Waals surface area (Å²) in [6, 6.07) is 29.2. The van der Waals surface area contributed by atoms with Crippen LogP contribution in [-0.4, -0.2) is 20.2 Å². The molecule has 0 unspecified atom stereocenters. The van der Waals surface area contributed by atoms with Crippen LogP contribution in [-0.2, 0) is 6.61 Å². The van der Waals surface area contributed by atoms with Crippen LogP contribution in [0.1, 0.15) is 5.56 Å². The number of fused-ring (bicyclic) bond motifs is 2. The van der Waals surface area contributed by atoms with E-state index in [-0.39, 0.29) is 0 Å². The molecule has 2 N–H and O–H groups in total. The minimum atomic E-state index is 0.505. The molecule has 7 rings (SSSR count). The predicted octanol–water partition coefficient (Wildman–Crippen LogP) is 8.08. The molecular formula is C31H22N4OS. The molecule has 37 heavy (non-hydrogen) atoms. The first-order valence-electron chi connectivity index (χ1n) is 12.1. The van der Waals surface area contributed by atoms with E-state index in [1.54, 1.807) is 17.5 Å². The Morgan fingerprint density at radius 1 is 0.757 bits per heavy atom. The van der Waals surface area contributed by atoms with Gasteiger partial charge in [-0.3, -0.25) is 10.1 Å². The number of hydrogen-bond acceptors (Lipinski definition) is 4. The van der Waals surface area contributed by atoms with Gasteiger partial charge >= 0.3 is 0 Å². The van der Waals surface area contributed by atoms with Gasteiger partial charge in [0.25, 0.3) is 0 Å². The van der Waals surface area contributed by atoms with E-state index < -0.39 is 0 Å². The molecule has 0 aliphatic carbocycles. The maximum absolute atomic E-state index is 6.01. The third kappa shape index (κ3) is 4.07. The van der Waals surface area contributed by atoms with E-state index in [0.717, 1.165) is 50.2 Å². The van der Waals surface area contributed by atoms with Crippen molar-refractivity contribution in [3.8, 4) is 39.4 Å². The first-order chi connectivity index (χ1) is 18.3. The van der Waals surface area contributed by atoms with Gasteiger partial charge in [-0.25, -0.2) is 0 Å². The van der Waals surface area contributed by atoms with Gasteiger partial charge in [-0.15, -0.1) is 0 Å². The fraction of sp³-hybridized carbons (Fsp3) is 0.0323. The number of rotatable bonds is 6. The monoisotopic (exact) mass is 498 g/mol. The summed E-state index contributed by atoms with van der Waals surface area (Å²) in [5.41, 5.74) is 9.60. The van der Waals surface area contributed by atoms with Crippen molar-refractivity contribution in [2.24, 2.45) is 0 Å². The van der Waals surface area contributed by atoms with Crippen LogP contribution in [0, 0.1) is 0 Å². The van der Waals surface area contributed by atoms with Gasteiger partial charge < -0.3 is 9.72 Å². The molecule has 0 saturated heterocycles. The summed E-state index contributed by atoms with van der Waals surface area (Å²) < 4.78 is 6.01. The fourth-order valence-corrected chi connectivity index (χ4v) is 5.40. The van der Waals surface area contributed by atoms with Gasteiger partial charge in [-0.2, -0.15) is 16.4 Å². The third-order valence-electron chi connectivity index (χ3n) is 6.61. The molecular weight excluding hydrogens is 476 g/mol. The molecule has 0 aliphatic heterocycles. The molecule has 0 spiro atoms. The zero-order chi connectivity index (χ0) is 24.6. The Hall–Kier alpha value is -4.68. The van der Waals surface area contributed by atoms with Gasteiger partial charge in [0.1, 0.15) is 18.1 Å². The number of nitrogens with zero attached hydrogens (tertiary/aromatic N) is 2. The Balaban J connectivity index is 1.24. The third-order valence-corrected chi connectivity index (χ3v) is 7.29. The quantitative estimate of drug-likeness (QED) is 0.244. The lowest BCUT2D eigenvalue weighted by Crippen LogP contribution is -1.95. The Labute approximate surface area is 217 Å². The molecule has 7 aromatic rings. The average molecular weight is 499 g/mol. The highest BCUT2D eigenvalue weighted by Crippen LogP contribution is 2.36. The van der Waals surface area contributed by atoms with Crippen LogP contribution in [0.3, 0.4) is 0 Å². The summed E-state index contributed by atoms with van der Waals surface area (Å²) in [5, 5.41) is 14.4. The normalized spacial score (nSPS) is 11.4. The molecule has 5 nitrogen and oxygen atoms in total. The van der Waals surface area contributed by atoms with E-state index in [0.29, 0.717) is 6.61 Å². The van der Waals surface area contributed by atoms with Crippen molar-refractivity contribution in [2.75, 3.05) is 0 Å². The van der Waals surface area contributed by atoms with Gasteiger partial charge in [0.2, 0.25) is 0 Å². The highest BCUT2D eigenvalue weighted by Gasteiger charge is 2.14. The lowest BCUT2D eigenvalue weighted by atomic mass is 10.0. The van der Waals surface area contributed by atoms with Gasteiger partial charge in [0.15, 0.2) is 0 Å². The summed E-state index contributed by atoms with van der Waals surface area (Å²) in [4.78, 5) is 8.01. The second kappa shape index (κ2) is 9.08. The van der Waals surface area contributed by atoms with Crippen LogP contribution in [0.2, 0.25) is 0 Å². The molecule has 0 saturated carbocycles. The molecule has 6 heteroatoms. The largest absolute Gasteiger partial charge is 0.487 e. The van der Waals surface area contributed by atoms with Crippen molar-refractivity contribution in [1.82, 2.24) is 20.2 Å². The summed E-state index contributed by atoms with van der Waals surface area (Å²) in [6.45, 7) is 0.505. The lowest BCUT2D eigenvalue weighted by molar-refractivity contribution is 0.305. The van der Waals surface area contributed by atoms with Crippen molar-refractivity contribution in [1.29, 1.82) is 0 Å². The number of aromatic amines is 2. The van der Waals surface area contributed by atoms with Gasteiger partial charge in [0, 0.05) is 28.0 Å². The molecule has 178 valence electrons. The van der Waals surface area contributed by atoms with Crippen LogP contribution < -0.4 is 4.74 Å². The number of nitrogens with one attached hydrogen (secondary N) is 2. The minimum absolute atomic E-state index is 0.505. The smallest absolute Gasteiger partial charge is 0.138 e. The molecule has 3 aromatic carbocycles. The molecule has 0 bridgehead atoms. The Morgan fingerprint density at radius 3 is 2.59 bits per heavy atom. The fourth-order valence-electron chi connectivity index (χ4n) is 4.75. The van der Waals surface area contributed by atoms with E-state index in [1.165, 1.54) is 16.5 Å². The maximum atomic E-state index is 6.01. The zero-order valence-corrected chi connectivity index (χ0v) is 20.6. The topological polar surface area (TPSA) is 66.6 Å². The van der Waals surface area contributed by atoms with Crippen molar-refractivity contribution in [2.45, 2.75) is 6.61 Å². The van der Waals surface area contributed by atoms with Crippen molar-refractivity contribution in [3.63, 3.8) is 0 Å². The summed E-state index contributed by atoms with van der Waals surface area (Å²) in [6.07, 6.45) is 3.62. The highest BCUT2D eigenvalue weighted by atomic mass is 32.1. The van der Waals surface area contributed by atoms with Crippen LogP contribution in [0.25, 0.3) is 55.4 Å². The van der Waals surface area contributed by atoms with Crippen molar-refractivity contribution in [3.05, 3.63) is 114 Å². The van der Waals surface area contributed by atoms with Crippen LogP contribution in [0.5, 0.6) is 5.75 Å². The molecule has 0 radical (unpaired) electrons. The van der Waals surface area contributed by atoms with Gasteiger partial charge in [-0.05, 0) is 69.4 Å². The van der Waals surface area contributed by atoms with E-state index in [1.807, 2.05) is 30.5 Å². The molecule has 0 amide bonds. The average Bonchev–Trinajstić information content (AvgIpc) is 3.71. The Kier molecular flexibility index (Phi) is 5.30. The van der Waals surface area contributed by atoms with E-state index in [2.05, 4.69) is 91.6 Å². The van der Waals surface area contributed by atoms with E-state index >= 15 is 0 Å². The van der Waals surface area contributed by atoms with Crippen LogP contribution >= 0.6 is 11.3 Å². The summed E-state index contributed by atoms with van der Waals surface area (Å²) in [7, 11) is 0. The molecule has 4 aromatic heterocycles. The SMILES string of the molecule is c1ccc(COc2cncc(-c3ccc4[nH]nc(-c5cc6c(-c7ccsc7)cccc6[nH]5)c4c3)c2)cc1. The molecule has 4 heterocycles. The van der Waals surface area contributed by atoms with Gasteiger partial charge in [0.05, 0.1) is 17.4 Å². The molecule has 0 fully saturated rings. The Bertz CT molecular complexity index is 1830. The first-order valence-corrected chi connectivity index (χ1v) is 13.0. The number of pyridine rings is 1. The number of H-pyrrole nitrogens is 2. The maximum Gasteiger partial charge on any atom is 0.138 e. The van der Waals surface area contributed by atoms with Crippen LogP contribution in [0.15, 0.2) is 108 Å². The lowest BCUT2D eigenvalue weighted by Gasteiger charge is -2.08. The van der Waals surface area contributed by atoms with Gasteiger partial charge in [-0.1, -0.05) is 48.5 Å². The van der Waals surface area contributed by atoms with Crippen molar-refractivity contribution < 1.29 is 4.74 Å². The molecule has 0 atom stereocenters. The number of ether oxygens (including phenoxy) is 1. The zero-order valence-electron chi connectivity index (χ0n) is 19.8. The first kappa shape index (κ1) is 21.6. The standard InChI is InChI=1S/C31H22N4OS/c1-2-5-20(6-3-1)18-36-24-13-23(16-32-17-24)21-9-10-29-27(14-21)31(35-34-29)30-15-26-25(22-11-12-37-19-22)7-4-8-28(26)33-30/h1-17,19,33H,18H2,(H,34,35). The number of aromatic nitrogens is 4. The minimum Gasteiger partial charge on any atom is -0.487 e. The second-order valence-electron chi connectivity index (χ2n) is 8.98.